The van der Waals surface area contributed by atoms with Gasteiger partial charge in [-0.2, -0.15) is 0 Å². The molecule has 0 aliphatic rings. The molecule has 0 saturated heterocycles. The van der Waals surface area contributed by atoms with Crippen LogP contribution in [0.2, 0.25) is 0 Å². The molecular formula is C12H12N4S. The molecule has 0 radical (unpaired) electrons. The van der Waals surface area contributed by atoms with Crippen LogP contribution in [0.1, 0.15) is 10.7 Å². The second-order valence-corrected chi connectivity index (χ2v) is 5.04. The standard InChI is InChI=1S/C12H12N4S/c1-8-15-10(6-17-8)5-16-7-14-11-4-9(13)2-3-12(11)16/h2-4,6-7H,5,13H2,1H3. The molecule has 86 valence electrons. The monoisotopic (exact) mass is 244 g/mol. The largest absolute Gasteiger partial charge is 0.399 e. The quantitative estimate of drug-likeness (QED) is 0.704. The van der Waals surface area contributed by atoms with Gasteiger partial charge in [-0.3, -0.25) is 0 Å². The van der Waals surface area contributed by atoms with Crippen molar-refractivity contribution in [1.82, 2.24) is 14.5 Å². The number of aromatic nitrogens is 3. The van der Waals surface area contributed by atoms with Crippen molar-refractivity contribution in [3.05, 3.63) is 40.6 Å². The molecule has 4 nitrogen and oxygen atoms in total. The highest BCUT2D eigenvalue weighted by Gasteiger charge is 2.05. The number of hydrogen-bond acceptors (Lipinski definition) is 4. The number of imidazole rings is 1. The fourth-order valence-electron chi connectivity index (χ4n) is 1.86. The zero-order valence-corrected chi connectivity index (χ0v) is 10.2. The van der Waals surface area contributed by atoms with Crippen molar-refractivity contribution in [3.63, 3.8) is 0 Å². The summed E-state index contributed by atoms with van der Waals surface area (Å²) in [4.78, 5) is 8.80. The molecule has 3 aromatic rings. The molecule has 0 amide bonds. The first-order chi connectivity index (χ1) is 8.22. The third-order valence-electron chi connectivity index (χ3n) is 2.64. The minimum atomic E-state index is 0.743. The molecule has 1 aromatic carbocycles. The normalized spacial score (nSPS) is 11.1. The van der Waals surface area contributed by atoms with Crippen LogP contribution in [-0.4, -0.2) is 14.5 Å². The lowest BCUT2D eigenvalue weighted by Crippen LogP contribution is -1.98. The molecule has 17 heavy (non-hydrogen) atoms. The molecule has 0 saturated carbocycles. The van der Waals surface area contributed by atoms with E-state index in [1.807, 2.05) is 31.5 Å². The molecule has 0 atom stereocenters. The van der Waals surface area contributed by atoms with Gasteiger partial charge < -0.3 is 10.3 Å². The van der Waals surface area contributed by atoms with E-state index in [4.69, 9.17) is 5.73 Å². The number of nitrogen functional groups attached to an aromatic ring is 1. The summed E-state index contributed by atoms with van der Waals surface area (Å²) in [7, 11) is 0. The van der Waals surface area contributed by atoms with Crippen LogP contribution in [0, 0.1) is 6.92 Å². The zero-order valence-electron chi connectivity index (χ0n) is 9.42. The Hall–Kier alpha value is -1.88. The number of rotatable bonds is 2. The first-order valence-corrected chi connectivity index (χ1v) is 6.22. The molecule has 0 fully saturated rings. The average molecular weight is 244 g/mol. The number of thiazole rings is 1. The molecule has 0 aliphatic carbocycles. The molecule has 0 bridgehead atoms. The van der Waals surface area contributed by atoms with E-state index in [0.717, 1.165) is 34.0 Å². The van der Waals surface area contributed by atoms with E-state index in [9.17, 15) is 0 Å². The number of aryl methyl sites for hydroxylation is 1. The van der Waals surface area contributed by atoms with Crippen LogP contribution in [0.4, 0.5) is 5.69 Å². The van der Waals surface area contributed by atoms with Gasteiger partial charge in [0.05, 0.1) is 34.6 Å². The summed E-state index contributed by atoms with van der Waals surface area (Å²) < 4.78 is 2.09. The lowest BCUT2D eigenvalue weighted by molar-refractivity contribution is 0.801. The second kappa shape index (κ2) is 3.85. The molecule has 0 aliphatic heterocycles. The maximum absolute atomic E-state index is 5.73. The molecule has 5 heteroatoms. The summed E-state index contributed by atoms with van der Waals surface area (Å²) >= 11 is 1.67. The highest BCUT2D eigenvalue weighted by molar-refractivity contribution is 7.09. The van der Waals surface area contributed by atoms with E-state index in [-0.39, 0.29) is 0 Å². The van der Waals surface area contributed by atoms with Gasteiger partial charge in [0.15, 0.2) is 0 Å². The minimum absolute atomic E-state index is 0.743. The summed E-state index contributed by atoms with van der Waals surface area (Å²) in [6, 6.07) is 5.78. The predicted octanol–water partition coefficient (Wildman–Crippen LogP) is 2.43. The number of anilines is 1. The van der Waals surface area contributed by atoms with Crippen LogP contribution in [0.15, 0.2) is 29.9 Å². The Morgan fingerprint density at radius 2 is 2.29 bits per heavy atom. The van der Waals surface area contributed by atoms with Crippen LogP contribution < -0.4 is 5.73 Å². The molecule has 3 rings (SSSR count). The van der Waals surface area contributed by atoms with Crippen LogP contribution >= 0.6 is 11.3 Å². The van der Waals surface area contributed by atoms with Crippen molar-refractivity contribution in [2.45, 2.75) is 13.5 Å². The fourth-order valence-corrected chi connectivity index (χ4v) is 2.47. The van der Waals surface area contributed by atoms with Crippen molar-refractivity contribution in [3.8, 4) is 0 Å². The first-order valence-electron chi connectivity index (χ1n) is 5.34. The van der Waals surface area contributed by atoms with Gasteiger partial charge in [0, 0.05) is 11.1 Å². The van der Waals surface area contributed by atoms with Crippen LogP contribution in [-0.2, 0) is 6.54 Å². The summed E-state index contributed by atoms with van der Waals surface area (Å²) in [5, 5.41) is 3.17. The van der Waals surface area contributed by atoms with Crippen LogP contribution in [0.5, 0.6) is 0 Å². The van der Waals surface area contributed by atoms with E-state index in [1.54, 1.807) is 11.3 Å². The van der Waals surface area contributed by atoms with Crippen LogP contribution in [0.3, 0.4) is 0 Å². The minimum Gasteiger partial charge on any atom is -0.399 e. The van der Waals surface area contributed by atoms with Gasteiger partial charge in [0.1, 0.15) is 0 Å². The van der Waals surface area contributed by atoms with Gasteiger partial charge in [-0.1, -0.05) is 0 Å². The molecule has 2 N–H and O–H groups in total. The van der Waals surface area contributed by atoms with E-state index >= 15 is 0 Å². The second-order valence-electron chi connectivity index (χ2n) is 3.98. The molecule has 2 heterocycles. The highest BCUT2D eigenvalue weighted by Crippen LogP contribution is 2.18. The van der Waals surface area contributed by atoms with Gasteiger partial charge in [-0.25, -0.2) is 9.97 Å². The Balaban J connectivity index is 2.00. The third kappa shape index (κ3) is 1.89. The summed E-state index contributed by atoms with van der Waals surface area (Å²) in [6.45, 7) is 2.77. The van der Waals surface area contributed by atoms with Crippen molar-refractivity contribution >= 4 is 28.1 Å². The average Bonchev–Trinajstić information content (AvgIpc) is 2.86. The summed E-state index contributed by atoms with van der Waals surface area (Å²) in [5.74, 6) is 0. The van der Waals surface area contributed by atoms with Crippen molar-refractivity contribution in [2.24, 2.45) is 0 Å². The lowest BCUT2D eigenvalue weighted by Gasteiger charge is -2.01. The maximum atomic E-state index is 5.73. The number of benzene rings is 1. The lowest BCUT2D eigenvalue weighted by atomic mass is 10.3. The SMILES string of the molecule is Cc1nc(Cn2cnc3cc(N)ccc32)cs1. The van der Waals surface area contributed by atoms with Crippen LogP contribution in [0.25, 0.3) is 11.0 Å². The van der Waals surface area contributed by atoms with Gasteiger partial charge in [-0.05, 0) is 25.1 Å². The van der Waals surface area contributed by atoms with E-state index in [0.29, 0.717) is 0 Å². The smallest absolute Gasteiger partial charge is 0.0962 e. The number of nitrogens with zero attached hydrogens (tertiary/aromatic N) is 3. The maximum Gasteiger partial charge on any atom is 0.0962 e. The van der Waals surface area contributed by atoms with Gasteiger partial charge in [0.25, 0.3) is 0 Å². The van der Waals surface area contributed by atoms with Gasteiger partial charge >= 0.3 is 0 Å². The first kappa shape index (κ1) is 10.3. The summed E-state index contributed by atoms with van der Waals surface area (Å²) in [6.07, 6.45) is 1.83. The molecular weight excluding hydrogens is 232 g/mol. The molecule has 2 aromatic heterocycles. The number of hydrogen-bond donors (Lipinski definition) is 1. The van der Waals surface area contributed by atoms with Crippen molar-refractivity contribution < 1.29 is 0 Å². The fraction of sp³-hybridized carbons (Fsp3) is 0.167. The van der Waals surface area contributed by atoms with E-state index in [2.05, 4.69) is 19.9 Å². The van der Waals surface area contributed by atoms with Gasteiger partial charge in [-0.15, -0.1) is 11.3 Å². The van der Waals surface area contributed by atoms with Gasteiger partial charge in [0.2, 0.25) is 0 Å². The summed E-state index contributed by atoms with van der Waals surface area (Å²) in [5.41, 5.74) is 9.56. The Morgan fingerprint density at radius 3 is 3.06 bits per heavy atom. The third-order valence-corrected chi connectivity index (χ3v) is 3.47. The number of nitrogens with two attached hydrogens (primary N) is 1. The molecule has 0 spiro atoms. The Morgan fingerprint density at radius 1 is 1.41 bits per heavy atom. The predicted molar refractivity (Wildman–Crippen MR) is 70.1 cm³/mol. The Labute approximate surface area is 103 Å². The highest BCUT2D eigenvalue weighted by atomic mass is 32.1. The van der Waals surface area contributed by atoms with E-state index in [1.165, 1.54) is 0 Å². The van der Waals surface area contributed by atoms with Crippen molar-refractivity contribution in [2.75, 3.05) is 5.73 Å². The molecule has 0 unspecified atom stereocenters. The zero-order chi connectivity index (χ0) is 11.8. The Bertz CT molecular complexity index is 668. The van der Waals surface area contributed by atoms with Crippen molar-refractivity contribution in [1.29, 1.82) is 0 Å². The topological polar surface area (TPSA) is 56.7 Å². The Kier molecular flexibility index (Phi) is 2.33. The number of fused-ring (bicyclic) bond motifs is 1. The van der Waals surface area contributed by atoms with E-state index < -0.39 is 0 Å².